The number of hydrogen-bond acceptors (Lipinski definition) is 6. The van der Waals surface area contributed by atoms with Gasteiger partial charge in [0, 0.05) is 28.4 Å². The van der Waals surface area contributed by atoms with E-state index in [-0.39, 0.29) is 6.42 Å². The Labute approximate surface area is 171 Å². The fourth-order valence-electron chi connectivity index (χ4n) is 2.71. The molecule has 0 spiro atoms. The van der Waals surface area contributed by atoms with Crippen molar-refractivity contribution in [2.45, 2.75) is 65.2 Å². The molecule has 0 N–H and O–H groups in total. The lowest BCUT2D eigenvalue weighted by atomic mass is 10.1. The van der Waals surface area contributed by atoms with Gasteiger partial charge < -0.3 is 18.1 Å². The molecule has 0 aromatic heterocycles. The maximum Gasteiger partial charge on any atom is 0.345 e. The predicted molar refractivity (Wildman–Crippen MR) is 117 cm³/mol. The van der Waals surface area contributed by atoms with Crippen molar-refractivity contribution < 1.29 is 27.2 Å². The second kappa shape index (κ2) is 13.7. The third-order valence-electron chi connectivity index (χ3n) is 4.55. The molecule has 0 heterocycles. The van der Waals surface area contributed by atoms with Crippen molar-refractivity contribution in [3.8, 4) is 0 Å². The zero-order chi connectivity index (χ0) is 21.8. The van der Waals surface area contributed by atoms with Crippen LogP contribution < -0.4 is 0 Å². The van der Waals surface area contributed by atoms with Gasteiger partial charge in [-0.2, -0.15) is 0 Å². The summed E-state index contributed by atoms with van der Waals surface area (Å²) in [6.07, 6.45) is 10.5. The lowest BCUT2D eigenvalue weighted by molar-refractivity contribution is 0.247. The molecule has 0 aliphatic heterocycles. The van der Waals surface area contributed by atoms with Crippen LogP contribution in [0.3, 0.4) is 0 Å². The fraction of sp³-hybridized carbons (Fsp3) is 0.700. The van der Waals surface area contributed by atoms with Crippen LogP contribution in [0.15, 0.2) is 34.9 Å². The quantitative estimate of drug-likeness (QED) is 0.214. The molecule has 0 fully saturated rings. The lowest BCUT2D eigenvalue weighted by Gasteiger charge is -2.28. The molecule has 0 aliphatic rings. The Bertz CT molecular complexity index is 605. The van der Waals surface area contributed by atoms with Crippen molar-refractivity contribution in [2.75, 3.05) is 28.4 Å². The average Bonchev–Trinajstić information content (AvgIpc) is 2.67. The average molecular weight is 436 g/mol. The van der Waals surface area contributed by atoms with E-state index in [1.807, 2.05) is 13.0 Å². The molecule has 0 saturated carbocycles. The van der Waals surface area contributed by atoms with Crippen molar-refractivity contribution in [3.63, 3.8) is 0 Å². The SMILES string of the molecule is COP(=O)(OC)C(C/C=C(\C)CC/C=C(\C)CCC=C(C)C)P(=O)(OC)OC. The predicted octanol–water partition coefficient (Wildman–Crippen LogP) is 7.09. The van der Waals surface area contributed by atoms with Gasteiger partial charge in [0.1, 0.15) is 0 Å². The van der Waals surface area contributed by atoms with Crippen LogP contribution in [0.25, 0.3) is 0 Å². The van der Waals surface area contributed by atoms with Crippen LogP contribution in [0.4, 0.5) is 0 Å². The van der Waals surface area contributed by atoms with Crippen molar-refractivity contribution in [2.24, 2.45) is 0 Å². The third-order valence-corrected chi connectivity index (χ3v) is 10.2. The third kappa shape index (κ3) is 9.35. The summed E-state index contributed by atoms with van der Waals surface area (Å²) in [5.41, 5.74) is 3.82. The molecule has 6 nitrogen and oxygen atoms in total. The zero-order valence-corrected chi connectivity index (χ0v) is 20.5. The van der Waals surface area contributed by atoms with E-state index in [9.17, 15) is 9.13 Å². The van der Waals surface area contributed by atoms with Gasteiger partial charge in [-0.05, 0) is 59.8 Å². The maximum absolute atomic E-state index is 12.9. The topological polar surface area (TPSA) is 71.1 Å². The van der Waals surface area contributed by atoms with E-state index in [1.54, 1.807) is 0 Å². The monoisotopic (exact) mass is 436 g/mol. The van der Waals surface area contributed by atoms with Crippen molar-refractivity contribution in [3.05, 3.63) is 34.9 Å². The second-order valence-corrected chi connectivity index (χ2v) is 12.3. The fourth-order valence-corrected chi connectivity index (χ4v) is 7.23. The van der Waals surface area contributed by atoms with Gasteiger partial charge in [-0.1, -0.05) is 34.9 Å². The highest BCUT2D eigenvalue weighted by atomic mass is 31.2. The van der Waals surface area contributed by atoms with Gasteiger partial charge in [0.25, 0.3) is 0 Å². The zero-order valence-electron chi connectivity index (χ0n) is 18.7. The summed E-state index contributed by atoms with van der Waals surface area (Å²) in [6, 6.07) is 0. The summed E-state index contributed by atoms with van der Waals surface area (Å²) in [6.45, 7) is 8.37. The lowest BCUT2D eigenvalue weighted by Crippen LogP contribution is -2.14. The van der Waals surface area contributed by atoms with Crippen LogP contribution >= 0.6 is 15.2 Å². The van der Waals surface area contributed by atoms with Crippen molar-refractivity contribution in [1.82, 2.24) is 0 Å². The second-order valence-electron chi connectivity index (χ2n) is 6.99. The minimum atomic E-state index is -3.64. The Morgan fingerprint density at radius 1 is 0.714 bits per heavy atom. The van der Waals surface area contributed by atoms with E-state index >= 15 is 0 Å². The smallest absolute Gasteiger partial charge is 0.311 e. The largest absolute Gasteiger partial charge is 0.345 e. The van der Waals surface area contributed by atoms with Gasteiger partial charge in [-0.15, -0.1) is 0 Å². The van der Waals surface area contributed by atoms with Crippen LogP contribution in [0, 0.1) is 0 Å². The van der Waals surface area contributed by atoms with Crippen LogP contribution in [-0.2, 0) is 27.2 Å². The molecule has 0 aliphatic carbocycles. The van der Waals surface area contributed by atoms with Crippen molar-refractivity contribution >= 4 is 15.2 Å². The first-order chi connectivity index (χ1) is 13.1. The summed E-state index contributed by atoms with van der Waals surface area (Å²) < 4.78 is 45.9. The molecule has 164 valence electrons. The highest BCUT2D eigenvalue weighted by molar-refractivity contribution is 7.72. The summed E-state index contributed by atoms with van der Waals surface area (Å²) in [5, 5.41) is -1.01. The van der Waals surface area contributed by atoms with E-state index < -0.39 is 20.6 Å². The standard InChI is InChI=1S/C20H38O6P2/c1-17(2)11-9-12-18(3)13-10-14-19(4)15-16-20(27(21,23-5)24-6)28(22,25-7)26-8/h11,13,15,20H,9-10,12,14,16H2,1-8H3/b18-13+,19-15+. The summed E-state index contributed by atoms with van der Waals surface area (Å²) >= 11 is 0. The minimum Gasteiger partial charge on any atom is -0.311 e. The molecule has 0 saturated heterocycles. The molecular weight excluding hydrogens is 398 g/mol. The Kier molecular flexibility index (Phi) is 13.5. The molecule has 28 heavy (non-hydrogen) atoms. The van der Waals surface area contributed by atoms with E-state index in [0.717, 1.165) is 31.3 Å². The first-order valence-electron chi connectivity index (χ1n) is 9.45. The van der Waals surface area contributed by atoms with Crippen LogP contribution in [0.1, 0.15) is 59.8 Å². The molecule has 0 unspecified atom stereocenters. The van der Waals surface area contributed by atoms with E-state index in [1.165, 1.54) is 39.6 Å². The van der Waals surface area contributed by atoms with Crippen LogP contribution in [0.5, 0.6) is 0 Å². The van der Waals surface area contributed by atoms with E-state index in [4.69, 9.17) is 18.1 Å². The number of allylic oxidation sites excluding steroid dienone is 6. The number of hydrogen-bond donors (Lipinski definition) is 0. The van der Waals surface area contributed by atoms with Crippen LogP contribution in [0.2, 0.25) is 0 Å². The van der Waals surface area contributed by atoms with Crippen LogP contribution in [-0.4, -0.2) is 33.8 Å². The molecular formula is C20H38O6P2. The molecule has 0 atom stereocenters. The minimum absolute atomic E-state index is 0.215. The Morgan fingerprint density at radius 2 is 1.11 bits per heavy atom. The summed E-state index contributed by atoms with van der Waals surface area (Å²) in [7, 11) is -2.20. The van der Waals surface area contributed by atoms with Crippen molar-refractivity contribution in [1.29, 1.82) is 0 Å². The van der Waals surface area contributed by atoms with Gasteiger partial charge in [0.2, 0.25) is 0 Å². The molecule has 0 rings (SSSR count). The summed E-state index contributed by atoms with van der Waals surface area (Å²) in [5.74, 6) is 0. The molecule has 0 aromatic rings. The van der Waals surface area contributed by atoms with Gasteiger partial charge in [0.05, 0.1) is 0 Å². The Balaban J connectivity index is 5.04. The molecule has 0 bridgehead atoms. The molecule has 8 heteroatoms. The molecule has 0 amide bonds. The van der Waals surface area contributed by atoms with Gasteiger partial charge >= 0.3 is 15.2 Å². The highest BCUT2D eigenvalue weighted by Gasteiger charge is 2.48. The number of rotatable bonds is 14. The maximum atomic E-state index is 12.9. The van der Waals surface area contributed by atoms with Gasteiger partial charge in [-0.25, -0.2) is 0 Å². The first kappa shape index (κ1) is 27.5. The van der Waals surface area contributed by atoms with Gasteiger partial charge in [0.15, 0.2) is 5.40 Å². The Hall–Kier alpha value is -0.480. The molecule has 0 radical (unpaired) electrons. The van der Waals surface area contributed by atoms with E-state index in [0.29, 0.717) is 0 Å². The van der Waals surface area contributed by atoms with E-state index in [2.05, 4.69) is 32.9 Å². The first-order valence-corrected chi connectivity index (χ1v) is 12.7. The highest BCUT2D eigenvalue weighted by Crippen LogP contribution is 2.70. The summed E-state index contributed by atoms with van der Waals surface area (Å²) in [4.78, 5) is 0. The van der Waals surface area contributed by atoms with Gasteiger partial charge in [-0.3, -0.25) is 9.13 Å². The molecule has 0 aromatic carbocycles. The normalized spacial score (nSPS) is 13.9. The Morgan fingerprint density at radius 3 is 1.50 bits per heavy atom.